The van der Waals surface area contributed by atoms with Crippen molar-refractivity contribution in [1.29, 1.82) is 0 Å². The Kier molecular flexibility index (Phi) is 7.25. The fourth-order valence-electron chi connectivity index (χ4n) is 2.82. The van der Waals surface area contributed by atoms with E-state index in [4.69, 9.17) is 4.74 Å². The molecule has 0 saturated carbocycles. The molecule has 6 nitrogen and oxygen atoms in total. The number of hydrogen-bond acceptors (Lipinski definition) is 4. The van der Waals surface area contributed by atoms with Gasteiger partial charge in [-0.25, -0.2) is 12.8 Å². The van der Waals surface area contributed by atoms with Gasteiger partial charge < -0.3 is 10.1 Å². The van der Waals surface area contributed by atoms with Gasteiger partial charge in [0.2, 0.25) is 5.91 Å². The highest BCUT2D eigenvalue weighted by Gasteiger charge is 2.27. The number of halogens is 1. The third kappa shape index (κ3) is 6.05. The molecule has 31 heavy (non-hydrogen) atoms. The summed E-state index contributed by atoms with van der Waals surface area (Å²) in [5.41, 5.74) is 1.30. The van der Waals surface area contributed by atoms with Crippen LogP contribution in [0.2, 0.25) is 0 Å². The molecule has 0 fully saturated rings. The fourth-order valence-corrected chi connectivity index (χ4v) is 4.26. The minimum atomic E-state index is -4.02. The molecular formula is C23H23FN2O4S. The van der Waals surface area contributed by atoms with Crippen LogP contribution in [0.25, 0.3) is 0 Å². The predicted octanol–water partition coefficient (Wildman–Crippen LogP) is 3.52. The van der Waals surface area contributed by atoms with Gasteiger partial charge in [-0.2, -0.15) is 0 Å². The van der Waals surface area contributed by atoms with E-state index in [1.165, 1.54) is 24.3 Å². The molecule has 0 aliphatic rings. The van der Waals surface area contributed by atoms with Gasteiger partial charge in [0.05, 0.1) is 17.1 Å². The zero-order valence-electron chi connectivity index (χ0n) is 17.0. The molecule has 0 bridgehead atoms. The van der Waals surface area contributed by atoms with E-state index in [0.717, 1.165) is 22.0 Å². The highest BCUT2D eigenvalue weighted by Crippen LogP contribution is 2.23. The quantitative estimate of drug-likeness (QED) is 0.515. The maximum atomic E-state index is 13.3. The number of carbonyl (C=O) groups excluding carboxylic acids is 1. The van der Waals surface area contributed by atoms with E-state index in [9.17, 15) is 17.6 Å². The summed E-state index contributed by atoms with van der Waals surface area (Å²) in [6.07, 6.45) is 0. The number of ether oxygens (including phenoxy) is 1. The van der Waals surface area contributed by atoms with E-state index in [-0.39, 0.29) is 23.7 Å². The summed E-state index contributed by atoms with van der Waals surface area (Å²) < 4.78 is 46.1. The van der Waals surface area contributed by atoms with Crippen LogP contribution in [-0.4, -0.2) is 34.0 Å². The lowest BCUT2D eigenvalue weighted by Crippen LogP contribution is -2.41. The Morgan fingerprint density at radius 3 is 2.26 bits per heavy atom. The van der Waals surface area contributed by atoms with Crippen molar-refractivity contribution < 1.29 is 22.3 Å². The number of sulfonamides is 1. The molecule has 0 aliphatic carbocycles. The normalized spacial score (nSPS) is 11.0. The molecule has 0 spiro atoms. The Morgan fingerprint density at radius 1 is 0.968 bits per heavy atom. The van der Waals surface area contributed by atoms with E-state index in [1.54, 1.807) is 18.2 Å². The molecular weight excluding hydrogens is 419 g/mol. The second-order valence-corrected chi connectivity index (χ2v) is 8.67. The van der Waals surface area contributed by atoms with Crippen molar-refractivity contribution in [2.45, 2.75) is 11.8 Å². The zero-order chi connectivity index (χ0) is 22.3. The number of carbonyl (C=O) groups is 1. The minimum absolute atomic E-state index is 0.0369. The number of benzene rings is 3. The van der Waals surface area contributed by atoms with Gasteiger partial charge in [0.25, 0.3) is 10.0 Å². The van der Waals surface area contributed by atoms with Gasteiger partial charge in [-0.15, -0.1) is 0 Å². The number of aryl methyl sites for hydroxylation is 1. The van der Waals surface area contributed by atoms with Gasteiger partial charge in [-0.05, 0) is 55.5 Å². The number of amides is 1. The summed E-state index contributed by atoms with van der Waals surface area (Å²) in [6.45, 7) is 1.96. The molecule has 8 heteroatoms. The van der Waals surface area contributed by atoms with Crippen LogP contribution in [-0.2, 0) is 14.8 Å². The number of anilines is 1. The summed E-state index contributed by atoms with van der Waals surface area (Å²) in [5, 5.41) is 2.66. The first-order valence-electron chi connectivity index (χ1n) is 9.66. The molecule has 0 atom stereocenters. The average molecular weight is 443 g/mol. The van der Waals surface area contributed by atoms with Crippen molar-refractivity contribution in [3.05, 3.63) is 90.2 Å². The smallest absolute Gasteiger partial charge is 0.264 e. The summed E-state index contributed by atoms with van der Waals surface area (Å²) in [5.74, 6) is -0.325. The van der Waals surface area contributed by atoms with Crippen molar-refractivity contribution in [1.82, 2.24) is 5.32 Å². The van der Waals surface area contributed by atoms with Crippen LogP contribution in [0.4, 0.5) is 10.1 Å². The monoisotopic (exact) mass is 442 g/mol. The van der Waals surface area contributed by atoms with Crippen molar-refractivity contribution in [3.63, 3.8) is 0 Å². The van der Waals surface area contributed by atoms with Gasteiger partial charge in [-0.1, -0.05) is 35.9 Å². The van der Waals surface area contributed by atoms with Crippen molar-refractivity contribution in [2.24, 2.45) is 0 Å². The minimum Gasteiger partial charge on any atom is -0.492 e. The molecule has 1 amide bonds. The molecule has 0 unspecified atom stereocenters. The third-order valence-corrected chi connectivity index (χ3v) is 6.24. The lowest BCUT2D eigenvalue weighted by Gasteiger charge is -2.24. The van der Waals surface area contributed by atoms with E-state index in [1.807, 2.05) is 31.2 Å². The molecule has 3 aromatic carbocycles. The van der Waals surface area contributed by atoms with E-state index >= 15 is 0 Å². The fraction of sp³-hybridized carbons (Fsp3) is 0.174. The Bertz CT molecular complexity index is 1100. The molecule has 0 heterocycles. The first-order chi connectivity index (χ1) is 14.9. The Morgan fingerprint density at radius 2 is 1.61 bits per heavy atom. The highest BCUT2D eigenvalue weighted by molar-refractivity contribution is 7.92. The van der Waals surface area contributed by atoms with Crippen molar-refractivity contribution >= 4 is 21.6 Å². The third-order valence-electron chi connectivity index (χ3n) is 4.45. The van der Waals surface area contributed by atoms with Gasteiger partial charge in [-0.3, -0.25) is 9.10 Å². The number of nitrogens with zero attached hydrogens (tertiary/aromatic N) is 1. The van der Waals surface area contributed by atoms with Crippen LogP contribution in [0.15, 0.2) is 83.8 Å². The summed E-state index contributed by atoms with van der Waals surface area (Å²) >= 11 is 0. The topological polar surface area (TPSA) is 75.7 Å². The first kappa shape index (κ1) is 22.3. The van der Waals surface area contributed by atoms with E-state index in [2.05, 4.69) is 5.32 Å². The molecule has 0 aliphatic heterocycles. The van der Waals surface area contributed by atoms with Gasteiger partial charge in [0, 0.05) is 0 Å². The summed E-state index contributed by atoms with van der Waals surface area (Å²) in [4.78, 5) is 12.5. The van der Waals surface area contributed by atoms with Crippen molar-refractivity contribution in [2.75, 3.05) is 24.0 Å². The lowest BCUT2D eigenvalue weighted by atomic mass is 10.2. The predicted molar refractivity (Wildman–Crippen MR) is 117 cm³/mol. The second-order valence-electron chi connectivity index (χ2n) is 6.81. The van der Waals surface area contributed by atoms with Gasteiger partial charge in [0.15, 0.2) is 0 Å². The van der Waals surface area contributed by atoms with Crippen LogP contribution in [0, 0.1) is 12.7 Å². The number of hydrogen-bond donors (Lipinski definition) is 1. The average Bonchev–Trinajstić information content (AvgIpc) is 2.77. The number of nitrogens with one attached hydrogen (secondary N) is 1. The van der Waals surface area contributed by atoms with E-state index < -0.39 is 28.3 Å². The van der Waals surface area contributed by atoms with Crippen LogP contribution in [0.5, 0.6) is 5.75 Å². The van der Waals surface area contributed by atoms with Crippen molar-refractivity contribution in [3.8, 4) is 5.75 Å². The molecule has 3 rings (SSSR count). The summed E-state index contributed by atoms with van der Waals surface area (Å²) in [7, 11) is -4.02. The molecule has 0 radical (unpaired) electrons. The molecule has 1 N–H and O–H groups in total. The molecule has 0 aromatic heterocycles. The SMILES string of the molecule is Cc1ccc(OCCNC(=O)CN(c2ccc(F)cc2)S(=O)(=O)c2ccccc2)cc1. The van der Waals surface area contributed by atoms with Crippen LogP contribution in [0.1, 0.15) is 5.56 Å². The maximum Gasteiger partial charge on any atom is 0.264 e. The number of rotatable bonds is 9. The summed E-state index contributed by atoms with van der Waals surface area (Å²) in [6, 6.07) is 20.2. The lowest BCUT2D eigenvalue weighted by molar-refractivity contribution is -0.119. The van der Waals surface area contributed by atoms with E-state index in [0.29, 0.717) is 5.75 Å². The van der Waals surface area contributed by atoms with Gasteiger partial charge >= 0.3 is 0 Å². The molecule has 0 saturated heterocycles. The zero-order valence-corrected chi connectivity index (χ0v) is 17.8. The van der Waals surface area contributed by atoms with Gasteiger partial charge in [0.1, 0.15) is 24.7 Å². The molecule has 3 aromatic rings. The first-order valence-corrected chi connectivity index (χ1v) is 11.1. The Labute approximate surface area is 181 Å². The van der Waals surface area contributed by atoms with Crippen LogP contribution in [0.3, 0.4) is 0 Å². The maximum absolute atomic E-state index is 13.3. The largest absolute Gasteiger partial charge is 0.492 e. The highest BCUT2D eigenvalue weighted by atomic mass is 32.2. The Hall–Kier alpha value is -3.39. The van der Waals surface area contributed by atoms with Crippen LogP contribution < -0.4 is 14.4 Å². The van der Waals surface area contributed by atoms with Crippen LogP contribution >= 0.6 is 0 Å². The Balaban J connectivity index is 1.67. The molecule has 162 valence electrons. The standard InChI is InChI=1S/C23H23FN2O4S/c1-18-7-13-21(14-8-18)30-16-15-25-23(27)17-26(20-11-9-19(24)10-12-20)31(28,29)22-5-3-2-4-6-22/h2-14H,15-17H2,1H3,(H,25,27). The second kappa shape index (κ2) is 10.1.